The van der Waals surface area contributed by atoms with E-state index in [1.165, 1.54) is 4.90 Å². The molecular formula is C27H36BFN4O6. The molecule has 5 rings (SSSR count). The Labute approximate surface area is 228 Å². The Morgan fingerprint density at radius 2 is 1.92 bits per heavy atom. The zero-order valence-electron chi connectivity index (χ0n) is 23.3. The highest BCUT2D eigenvalue weighted by atomic mass is 19.1. The summed E-state index contributed by atoms with van der Waals surface area (Å²) in [6.45, 7) is 8.06. The molecular weight excluding hydrogens is 506 g/mol. The fourth-order valence-corrected chi connectivity index (χ4v) is 5.72. The molecule has 3 aliphatic rings. The number of methoxy groups -OCH3 is 1. The minimum Gasteiger partial charge on any atom is -0.467 e. The van der Waals surface area contributed by atoms with Gasteiger partial charge in [-0.3, -0.25) is 9.88 Å². The lowest BCUT2D eigenvalue weighted by atomic mass is 9.78. The van der Waals surface area contributed by atoms with Crippen molar-refractivity contribution < 1.29 is 33.1 Å². The number of fused-ring (bicyclic) bond motifs is 2. The number of hydrogen-bond acceptors (Lipinski definition) is 8. The fraction of sp³-hybridized carbons (Fsp3) is 0.593. The third-order valence-corrected chi connectivity index (χ3v) is 8.65. The Bertz CT molecular complexity index is 1200. The molecule has 10 nitrogen and oxygen atoms in total. The molecule has 3 fully saturated rings. The number of nitrogens with zero attached hydrogens (tertiary/aromatic N) is 4. The van der Waals surface area contributed by atoms with Crippen LogP contribution in [0.3, 0.4) is 0 Å². The van der Waals surface area contributed by atoms with Crippen molar-refractivity contribution in [1.29, 1.82) is 0 Å². The normalized spacial score (nSPS) is 27.1. The summed E-state index contributed by atoms with van der Waals surface area (Å²) in [6, 6.07) is 4.38. The Morgan fingerprint density at radius 1 is 1.21 bits per heavy atom. The van der Waals surface area contributed by atoms with Gasteiger partial charge in [0.2, 0.25) is 0 Å². The second-order valence-corrected chi connectivity index (χ2v) is 11.5. The Hall–Kier alpha value is -2.96. The van der Waals surface area contributed by atoms with Crippen molar-refractivity contribution in [2.75, 3.05) is 25.9 Å². The third kappa shape index (κ3) is 4.94. The van der Waals surface area contributed by atoms with E-state index in [-0.39, 0.29) is 12.8 Å². The summed E-state index contributed by atoms with van der Waals surface area (Å²) in [5, 5.41) is 9.51. The molecule has 2 bridgehead atoms. The number of alkyl halides is 1. The first kappa shape index (κ1) is 27.6. The van der Waals surface area contributed by atoms with Crippen molar-refractivity contribution in [2.24, 2.45) is 0 Å². The van der Waals surface area contributed by atoms with E-state index < -0.39 is 42.7 Å². The molecule has 1 N–H and O–H groups in total. The quantitative estimate of drug-likeness (QED) is 0.416. The van der Waals surface area contributed by atoms with E-state index in [2.05, 4.69) is 9.97 Å². The number of benzene rings is 1. The lowest BCUT2D eigenvalue weighted by molar-refractivity contribution is 0.00578. The van der Waals surface area contributed by atoms with Crippen LogP contribution < -0.4 is 15.1 Å². The monoisotopic (exact) mass is 542 g/mol. The van der Waals surface area contributed by atoms with Crippen LogP contribution in [0.15, 0.2) is 30.6 Å². The summed E-state index contributed by atoms with van der Waals surface area (Å²) >= 11 is 0. The fourth-order valence-electron chi connectivity index (χ4n) is 5.72. The van der Waals surface area contributed by atoms with Crippen molar-refractivity contribution >= 4 is 24.5 Å². The van der Waals surface area contributed by atoms with Gasteiger partial charge in [0.25, 0.3) is 0 Å². The van der Waals surface area contributed by atoms with Crippen LogP contribution in [-0.2, 0) is 14.0 Å². The molecule has 12 heteroatoms. The first-order chi connectivity index (χ1) is 18.4. The zero-order chi connectivity index (χ0) is 28.1. The van der Waals surface area contributed by atoms with E-state index in [9.17, 15) is 9.90 Å². The van der Waals surface area contributed by atoms with Gasteiger partial charge in [0.15, 0.2) is 6.79 Å². The van der Waals surface area contributed by atoms with Crippen molar-refractivity contribution in [2.45, 2.75) is 82.5 Å². The smallest absolute Gasteiger partial charge is 0.467 e. The number of carbonyl (C=O) groups is 1. The topological polar surface area (TPSA) is 106 Å². The second-order valence-electron chi connectivity index (χ2n) is 11.5. The van der Waals surface area contributed by atoms with Crippen LogP contribution in [0.4, 0.5) is 15.0 Å². The summed E-state index contributed by atoms with van der Waals surface area (Å²) in [4.78, 5) is 23.9. The molecule has 0 saturated carbocycles. The molecule has 0 unspecified atom stereocenters. The van der Waals surface area contributed by atoms with Crippen molar-refractivity contribution in [3.8, 4) is 17.0 Å². The Balaban J connectivity index is 1.36. The highest BCUT2D eigenvalue weighted by Crippen LogP contribution is 2.40. The van der Waals surface area contributed by atoms with Crippen molar-refractivity contribution in [3.63, 3.8) is 0 Å². The van der Waals surface area contributed by atoms with Crippen LogP contribution in [0.5, 0.6) is 5.75 Å². The minimum absolute atomic E-state index is 0.0450. The highest BCUT2D eigenvalue weighted by Gasteiger charge is 2.52. The van der Waals surface area contributed by atoms with E-state index in [4.69, 9.17) is 18.8 Å². The van der Waals surface area contributed by atoms with Crippen molar-refractivity contribution in [3.05, 3.63) is 30.6 Å². The van der Waals surface area contributed by atoms with Gasteiger partial charge in [0.05, 0.1) is 41.4 Å². The van der Waals surface area contributed by atoms with E-state index in [1.54, 1.807) is 31.5 Å². The number of rotatable bonds is 7. The maximum atomic E-state index is 15.4. The van der Waals surface area contributed by atoms with Gasteiger partial charge in [0.1, 0.15) is 17.7 Å². The van der Waals surface area contributed by atoms with Gasteiger partial charge in [-0.05, 0) is 64.6 Å². The van der Waals surface area contributed by atoms with Gasteiger partial charge < -0.3 is 28.8 Å². The summed E-state index contributed by atoms with van der Waals surface area (Å²) in [5.74, 6) is 1.06. The molecule has 39 heavy (non-hydrogen) atoms. The van der Waals surface area contributed by atoms with Crippen LogP contribution >= 0.6 is 0 Å². The third-order valence-electron chi connectivity index (χ3n) is 8.65. The number of halogens is 1. The average Bonchev–Trinajstić information content (AvgIpc) is 3.36. The number of aromatic nitrogens is 2. The summed E-state index contributed by atoms with van der Waals surface area (Å²) in [6.07, 6.45) is 2.52. The Kier molecular flexibility index (Phi) is 7.23. The summed E-state index contributed by atoms with van der Waals surface area (Å²) in [5.41, 5.74) is 1.16. The van der Waals surface area contributed by atoms with Crippen molar-refractivity contribution in [1.82, 2.24) is 14.9 Å². The number of anilines is 1. The molecule has 1 aromatic heterocycles. The predicted octanol–water partition coefficient (Wildman–Crippen LogP) is 3.48. The number of amides is 1. The van der Waals surface area contributed by atoms with E-state index in [0.717, 1.165) is 5.46 Å². The van der Waals surface area contributed by atoms with Crippen LogP contribution in [-0.4, -0.2) is 89.6 Å². The van der Waals surface area contributed by atoms with Gasteiger partial charge in [-0.25, -0.2) is 14.2 Å². The van der Waals surface area contributed by atoms with Crippen LogP contribution in [0, 0.1) is 0 Å². The molecule has 0 spiro atoms. The largest absolute Gasteiger partial charge is 0.494 e. The van der Waals surface area contributed by atoms with E-state index in [0.29, 0.717) is 42.1 Å². The molecule has 2 aromatic rings. The predicted molar refractivity (Wildman–Crippen MR) is 144 cm³/mol. The average molecular weight is 542 g/mol. The summed E-state index contributed by atoms with van der Waals surface area (Å²) < 4.78 is 38.8. The molecule has 3 saturated heterocycles. The van der Waals surface area contributed by atoms with Gasteiger partial charge in [-0.15, -0.1) is 0 Å². The van der Waals surface area contributed by atoms with Crippen LogP contribution in [0.1, 0.15) is 47.0 Å². The lowest BCUT2D eigenvalue weighted by Crippen LogP contribution is -2.58. The summed E-state index contributed by atoms with van der Waals surface area (Å²) in [7, 11) is 2.78. The van der Waals surface area contributed by atoms with Crippen LogP contribution in [0.2, 0.25) is 0 Å². The highest BCUT2D eigenvalue weighted by molar-refractivity contribution is 6.62. The minimum atomic E-state index is -1.30. The van der Waals surface area contributed by atoms with Gasteiger partial charge in [-0.1, -0.05) is 6.07 Å². The van der Waals surface area contributed by atoms with E-state index in [1.807, 2.05) is 45.9 Å². The SMILES string of the molecule is COCOc1cc(B2OC(C)(C)C(C)(C)O2)ccc1-c1cnc(N(C)[C@H]2C[C@@H]3CC[C@H]([C@H]2F)N3C(=O)O)cn1. The Morgan fingerprint density at radius 3 is 2.54 bits per heavy atom. The molecule has 0 radical (unpaired) electrons. The van der Waals surface area contributed by atoms with E-state index >= 15 is 4.39 Å². The number of piperidine rings is 1. The second kappa shape index (κ2) is 10.2. The molecule has 1 amide bonds. The number of hydrogen-bond donors (Lipinski definition) is 1. The first-order valence-electron chi connectivity index (χ1n) is 13.3. The number of carboxylic acid groups (broad SMARTS) is 1. The van der Waals surface area contributed by atoms with Gasteiger partial charge in [0, 0.05) is 25.8 Å². The molecule has 4 heterocycles. The van der Waals surface area contributed by atoms with Crippen LogP contribution in [0.25, 0.3) is 11.3 Å². The maximum Gasteiger partial charge on any atom is 0.494 e. The molecule has 4 atom stereocenters. The maximum absolute atomic E-state index is 15.4. The molecule has 210 valence electrons. The van der Waals surface area contributed by atoms with Gasteiger partial charge >= 0.3 is 13.2 Å². The standard InChI is InChI=1S/C27H36BFN4O6/c1-26(2)27(3,4)39-28(38-26)16-7-9-18(22(11-16)37-15-36-6)19-13-31-23(14-30-19)32(5)21-12-17-8-10-20(24(21)29)33(17)25(34)35/h7,9,11,13-14,17,20-21,24H,8,10,12,15H2,1-6H3,(H,34,35)/t17-,20+,21-,24+/m0/s1. The molecule has 1 aromatic carbocycles. The molecule has 3 aliphatic heterocycles. The molecule has 0 aliphatic carbocycles. The number of ether oxygens (including phenoxy) is 2. The first-order valence-corrected chi connectivity index (χ1v) is 13.3. The zero-order valence-corrected chi connectivity index (χ0v) is 23.3. The van der Waals surface area contributed by atoms with Gasteiger partial charge in [-0.2, -0.15) is 0 Å². The lowest BCUT2D eigenvalue weighted by Gasteiger charge is -2.43.